The number of nitrogens with one attached hydrogen (secondary N) is 1. The van der Waals surface area contributed by atoms with Gasteiger partial charge in [-0.15, -0.1) is 11.3 Å². The van der Waals surface area contributed by atoms with E-state index in [2.05, 4.69) is 10.3 Å². The summed E-state index contributed by atoms with van der Waals surface area (Å²) in [6.07, 6.45) is -0.429. The average Bonchev–Trinajstić information content (AvgIpc) is 2.77. The maximum absolute atomic E-state index is 11.8. The third kappa shape index (κ3) is 4.04. The minimum Gasteiger partial charge on any atom is -0.449 e. The van der Waals surface area contributed by atoms with Gasteiger partial charge in [-0.3, -0.25) is 5.32 Å². The van der Waals surface area contributed by atoms with E-state index in [-0.39, 0.29) is 0 Å². The second-order valence-electron chi connectivity index (χ2n) is 5.34. The smallest absolute Gasteiger partial charge is 0.412 e. The highest BCUT2D eigenvalue weighted by Crippen LogP contribution is 2.34. The van der Waals surface area contributed by atoms with Crippen molar-refractivity contribution in [3.8, 4) is 11.3 Å². The van der Waals surface area contributed by atoms with Gasteiger partial charge in [-0.1, -0.05) is 38.1 Å². The number of aromatic nitrogens is 1. The zero-order valence-electron chi connectivity index (χ0n) is 12.8. The molecule has 1 heterocycles. The average molecular weight is 304 g/mol. The second-order valence-corrected chi connectivity index (χ2v) is 6.55. The molecule has 1 aromatic carbocycles. The van der Waals surface area contributed by atoms with E-state index in [9.17, 15) is 4.79 Å². The fourth-order valence-corrected chi connectivity index (χ4v) is 2.72. The minimum absolute atomic E-state index is 0.315. The first kappa shape index (κ1) is 15.5. The normalized spacial score (nSPS) is 10.7. The van der Waals surface area contributed by atoms with Gasteiger partial charge in [-0.25, -0.2) is 9.78 Å². The van der Waals surface area contributed by atoms with Crippen LogP contribution in [0.5, 0.6) is 0 Å². The maximum atomic E-state index is 11.8. The predicted octanol–water partition coefficient (Wildman–Crippen LogP) is 4.63. The first-order chi connectivity index (χ1) is 9.97. The summed E-state index contributed by atoms with van der Waals surface area (Å²) >= 11 is 1.46. The first-order valence-electron chi connectivity index (χ1n) is 6.94. The largest absolute Gasteiger partial charge is 0.449 e. The minimum atomic E-state index is -0.429. The molecule has 21 heavy (non-hydrogen) atoms. The number of ether oxygens (including phenoxy) is 1. The summed E-state index contributed by atoms with van der Waals surface area (Å²) in [4.78, 5) is 16.4. The lowest BCUT2D eigenvalue weighted by Crippen LogP contribution is -2.16. The topological polar surface area (TPSA) is 51.2 Å². The Labute approximate surface area is 129 Å². The van der Waals surface area contributed by atoms with Gasteiger partial charge in [0.15, 0.2) is 0 Å². The highest BCUT2D eigenvalue weighted by molar-refractivity contribution is 7.16. The van der Waals surface area contributed by atoms with Crippen molar-refractivity contribution in [1.29, 1.82) is 0 Å². The van der Waals surface area contributed by atoms with Gasteiger partial charge in [0, 0.05) is 5.56 Å². The molecule has 0 aliphatic heterocycles. The molecule has 0 bridgehead atoms. The van der Waals surface area contributed by atoms with Gasteiger partial charge in [-0.05, 0) is 25.3 Å². The van der Waals surface area contributed by atoms with Crippen LogP contribution in [0.1, 0.15) is 24.4 Å². The molecule has 0 unspecified atom stereocenters. The van der Waals surface area contributed by atoms with E-state index >= 15 is 0 Å². The molecule has 1 amide bonds. The first-order valence-corrected chi connectivity index (χ1v) is 7.76. The molecule has 0 fully saturated rings. The van der Waals surface area contributed by atoms with Gasteiger partial charge >= 0.3 is 6.09 Å². The van der Waals surface area contributed by atoms with Gasteiger partial charge in [0.05, 0.1) is 11.6 Å². The molecule has 4 nitrogen and oxygen atoms in total. The Bertz CT molecular complexity index is 635. The fraction of sp³-hybridized carbons (Fsp3) is 0.375. The van der Waals surface area contributed by atoms with Gasteiger partial charge in [0.1, 0.15) is 10.7 Å². The van der Waals surface area contributed by atoms with Crippen molar-refractivity contribution in [2.45, 2.75) is 27.7 Å². The van der Waals surface area contributed by atoms with Crippen LogP contribution in [0.25, 0.3) is 11.3 Å². The van der Waals surface area contributed by atoms with Gasteiger partial charge in [0.25, 0.3) is 0 Å². The molecule has 5 heteroatoms. The Kier molecular flexibility index (Phi) is 4.96. The Morgan fingerprint density at radius 1 is 1.33 bits per heavy atom. The monoisotopic (exact) mass is 304 g/mol. The van der Waals surface area contributed by atoms with Crippen molar-refractivity contribution < 1.29 is 9.53 Å². The standard InChI is InChI=1S/C16H20N2O2S/c1-10(2)9-20-16(19)18-15-14(17-12(4)21-15)13-8-6-5-7-11(13)3/h5-8,10H,9H2,1-4H3,(H,18,19). The van der Waals surface area contributed by atoms with Crippen molar-refractivity contribution >= 4 is 22.4 Å². The number of thiazole rings is 1. The van der Waals surface area contributed by atoms with E-state index in [1.54, 1.807) is 0 Å². The second kappa shape index (κ2) is 6.72. The third-order valence-corrected chi connectivity index (χ3v) is 3.78. The van der Waals surface area contributed by atoms with Crippen LogP contribution in [-0.4, -0.2) is 17.7 Å². The fourth-order valence-electron chi connectivity index (χ4n) is 1.90. The number of carbonyl (C=O) groups excluding carboxylic acids is 1. The van der Waals surface area contributed by atoms with Crippen LogP contribution < -0.4 is 5.32 Å². The van der Waals surface area contributed by atoms with E-state index < -0.39 is 6.09 Å². The van der Waals surface area contributed by atoms with Crippen LogP contribution in [0.4, 0.5) is 9.80 Å². The summed E-state index contributed by atoms with van der Waals surface area (Å²) in [5.41, 5.74) is 2.96. The lowest BCUT2D eigenvalue weighted by molar-refractivity contribution is 0.147. The maximum Gasteiger partial charge on any atom is 0.412 e. The number of anilines is 1. The summed E-state index contributed by atoms with van der Waals surface area (Å²) in [6, 6.07) is 8.00. The number of hydrogen-bond acceptors (Lipinski definition) is 4. The van der Waals surface area contributed by atoms with Crippen LogP contribution in [-0.2, 0) is 4.74 Å². The van der Waals surface area contributed by atoms with Crippen molar-refractivity contribution in [3.63, 3.8) is 0 Å². The summed E-state index contributed by atoms with van der Waals surface area (Å²) in [5, 5.41) is 4.45. The highest BCUT2D eigenvalue weighted by Gasteiger charge is 2.16. The molecule has 0 saturated heterocycles. The molecule has 0 aliphatic carbocycles. The quantitative estimate of drug-likeness (QED) is 0.895. The number of rotatable bonds is 4. The van der Waals surface area contributed by atoms with Gasteiger partial charge < -0.3 is 4.74 Å². The summed E-state index contributed by atoms with van der Waals surface area (Å²) in [7, 11) is 0. The molecule has 2 rings (SSSR count). The molecule has 0 spiro atoms. The van der Waals surface area contributed by atoms with Crippen LogP contribution in [0.2, 0.25) is 0 Å². The van der Waals surface area contributed by atoms with E-state index in [0.717, 1.165) is 26.8 Å². The van der Waals surface area contributed by atoms with E-state index in [4.69, 9.17) is 4.74 Å². The van der Waals surface area contributed by atoms with Crippen LogP contribution in [0.3, 0.4) is 0 Å². The summed E-state index contributed by atoms with van der Waals surface area (Å²) in [6.45, 7) is 8.37. The summed E-state index contributed by atoms with van der Waals surface area (Å²) < 4.78 is 5.17. The molecule has 0 aliphatic rings. The van der Waals surface area contributed by atoms with Crippen molar-refractivity contribution in [3.05, 3.63) is 34.8 Å². The number of nitrogens with zero attached hydrogens (tertiary/aromatic N) is 1. The molecule has 0 radical (unpaired) electrons. The van der Waals surface area contributed by atoms with E-state index in [1.165, 1.54) is 11.3 Å². The Morgan fingerprint density at radius 2 is 2.05 bits per heavy atom. The SMILES string of the molecule is Cc1nc(-c2ccccc2C)c(NC(=O)OCC(C)C)s1. The van der Waals surface area contributed by atoms with Crippen molar-refractivity contribution in [1.82, 2.24) is 4.98 Å². The van der Waals surface area contributed by atoms with Crippen LogP contribution in [0, 0.1) is 19.8 Å². The van der Waals surface area contributed by atoms with E-state index in [0.29, 0.717) is 12.5 Å². The van der Waals surface area contributed by atoms with Crippen LogP contribution >= 0.6 is 11.3 Å². The number of aryl methyl sites for hydroxylation is 2. The molecule has 112 valence electrons. The van der Waals surface area contributed by atoms with Gasteiger partial charge in [0.2, 0.25) is 0 Å². The molecule has 2 aromatic rings. The lowest BCUT2D eigenvalue weighted by atomic mass is 10.1. The third-order valence-electron chi connectivity index (χ3n) is 2.90. The van der Waals surface area contributed by atoms with Crippen LogP contribution in [0.15, 0.2) is 24.3 Å². The Hall–Kier alpha value is -1.88. The molecule has 0 saturated carbocycles. The van der Waals surface area contributed by atoms with E-state index in [1.807, 2.05) is 52.0 Å². The number of hydrogen-bond donors (Lipinski definition) is 1. The highest BCUT2D eigenvalue weighted by atomic mass is 32.1. The molecule has 1 aromatic heterocycles. The molecule has 0 atom stereocenters. The van der Waals surface area contributed by atoms with Gasteiger partial charge in [-0.2, -0.15) is 0 Å². The summed E-state index contributed by atoms with van der Waals surface area (Å²) in [5.74, 6) is 0.315. The number of amides is 1. The molecular formula is C16H20N2O2S. The molecule has 1 N–H and O–H groups in total. The Balaban J connectivity index is 2.22. The Morgan fingerprint density at radius 3 is 2.71 bits per heavy atom. The molecular weight excluding hydrogens is 284 g/mol. The zero-order chi connectivity index (χ0) is 15.4. The number of carbonyl (C=O) groups is 1. The van der Waals surface area contributed by atoms with Crippen molar-refractivity contribution in [2.24, 2.45) is 5.92 Å². The number of benzene rings is 1. The predicted molar refractivity (Wildman–Crippen MR) is 86.8 cm³/mol. The lowest BCUT2D eigenvalue weighted by Gasteiger charge is -2.09. The van der Waals surface area contributed by atoms with Crippen molar-refractivity contribution in [2.75, 3.05) is 11.9 Å². The zero-order valence-corrected chi connectivity index (χ0v) is 13.6.